The third-order valence-electron chi connectivity index (χ3n) is 3.73. The predicted octanol–water partition coefficient (Wildman–Crippen LogP) is 3.36. The van der Waals surface area contributed by atoms with Gasteiger partial charge in [-0.2, -0.15) is 5.26 Å². The van der Waals surface area contributed by atoms with Crippen molar-refractivity contribution >= 4 is 23.0 Å². The lowest BCUT2D eigenvalue weighted by molar-refractivity contribution is 0.734. The summed E-state index contributed by atoms with van der Waals surface area (Å²) in [5.41, 5.74) is 10.9. The number of fused-ring (bicyclic) bond motifs is 1. The van der Waals surface area contributed by atoms with Gasteiger partial charge in [-0.05, 0) is 41.8 Å². The zero-order valence-electron chi connectivity index (χ0n) is 10.9. The molecule has 2 aromatic carbocycles. The van der Waals surface area contributed by atoms with Gasteiger partial charge >= 0.3 is 0 Å². The molecule has 0 amide bonds. The van der Waals surface area contributed by atoms with Gasteiger partial charge in [0.15, 0.2) is 0 Å². The van der Waals surface area contributed by atoms with Crippen molar-refractivity contribution in [1.29, 1.82) is 5.26 Å². The summed E-state index contributed by atoms with van der Waals surface area (Å²) in [5, 5.41) is 9.50. The third kappa shape index (κ3) is 2.19. The second kappa shape index (κ2) is 5.07. The largest absolute Gasteiger partial charge is 0.398 e. The Morgan fingerprint density at radius 3 is 2.85 bits per heavy atom. The number of nitrogens with two attached hydrogens (primary N) is 1. The van der Waals surface area contributed by atoms with Gasteiger partial charge in [-0.15, -0.1) is 0 Å². The van der Waals surface area contributed by atoms with E-state index in [1.807, 2.05) is 18.2 Å². The van der Waals surface area contributed by atoms with Crippen molar-refractivity contribution in [3.8, 4) is 6.07 Å². The molecule has 4 heteroatoms. The molecule has 0 saturated carbocycles. The van der Waals surface area contributed by atoms with Crippen molar-refractivity contribution in [3.63, 3.8) is 0 Å². The zero-order chi connectivity index (χ0) is 14.1. The summed E-state index contributed by atoms with van der Waals surface area (Å²) in [6.07, 6.45) is 0.955. The lowest BCUT2D eigenvalue weighted by Crippen LogP contribution is -2.31. The molecule has 0 saturated heterocycles. The van der Waals surface area contributed by atoms with Crippen molar-refractivity contribution < 1.29 is 0 Å². The fraction of sp³-hybridized carbons (Fsp3) is 0.188. The molecular weight excluding hydrogens is 270 g/mol. The van der Waals surface area contributed by atoms with Gasteiger partial charge in [-0.3, -0.25) is 0 Å². The molecule has 0 aliphatic carbocycles. The molecule has 0 aromatic heterocycles. The molecule has 1 heterocycles. The first-order chi connectivity index (χ1) is 9.69. The van der Waals surface area contributed by atoms with Crippen LogP contribution in [0.25, 0.3) is 0 Å². The standard InChI is InChI=1S/C16H14ClN3/c17-14-8-11(9-18)4-5-16(14)20-7-6-12-2-1-3-15(19)13(12)10-20/h1-5,8H,6-7,10,19H2. The number of benzene rings is 2. The van der Waals surface area contributed by atoms with Crippen molar-refractivity contribution in [3.05, 3.63) is 58.1 Å². The van der Waals surface area contributed by atoms with Gasteiger partial charge in [0.05, 0.1) is 22.3 Å². The Bertz CT molecular complexity index is 703. The third-order valence-corrected chi connectivity index (χ3v) is 4.03. The maximum absolute atomic E-state index is 8.89. The number of hydrogen-bond donors (Lipinski definition) is 1. The maximum atomic E-state index is 8.89. The number of nitriles is 1. The fourth-order valence-electron chi connectivity index (χ4n) is 2.65. The highest BCUT2D eigenvalue weighted by Gasteiger charge is 2.20. The van der Waals surface area contributed by atoms with Crippen LogP contribution >= 0.6 is 11.6 Å². The van der Waals surface area contributed by atoms with E-state index in [0.29, 0.717) is 10.6 Å². The number of anilines is 2. The van der Waals surface area contributed by atoms with Crippen molar-refractivity contribution in [2.45, 2.75) is 13.0 Å². The highest BCUT2D eigenvalue weighted by molar-refractivity contribution is 6.33. The Kier molecular flexibility index (Phi) is 3.25. The molecule has 0 radical (unpaired) electrons. The molecule has 20 heavy (non-hydrogen) atoms. The van der Waals surface area contributed by atoms with E-state index in [0.717, 1.165) is 30.9 Å². The van der Waals surface area contributed by atoms with Crippen molar-refractivity contribution in [2.75, 3.05) is 17.2 Å². The number of nitrogen functional groups attached to an aromatic ring is 1. The monoisotopic (exact) mass is 283 g/mol. The number of nitrogens with zero attached hydrogens (tertiary/aromatic N) is 2. The van der Waals surface area contributed by atoms with Crippen LogP contribution in [0.3, 0.4) is 0 Å². The van der Waals surface area contributed by atoms with E-state index in [1.54, 1.807) is 12.1 Å². The van der Waals surface area contributed by atoms with Crippen LogP contribution in [0.2, 0.25) is 5.02 Å². The van der Waals surface area contributed by atoms with Crippen LogP contribution in [-0.4, -0.2) is 6.54 Å². The molecular formula is C16H14ClN3. The molecule has 2 aromatic rings. The van der Waals surface area contributed by atoms with Gasteiger partial charge in [0.25, 0.3) is 0 Å². The Balaban J connectivity index is 1.95. The summed E-state index contributed by atoms with van der Waals surface area (Å²) >= 11 is 6.28. The summed E-state index contributed by atoms with van der Waals surface area (Å²) in [5.74, 6) is 0. The summed E-state index contributed by atoms with van der Waals surface area (Å²) in [6, 6.07) is 13.6. The number of halogens is 1. The van der Waals surface area contributed by atoms with E-state index in [4.69, 9.17) is 22.6 Å². The fourth-order valence-corrected chi connectivity index (χ4v) is 2.95. The minimum absolute atomic E-state index is 0.579. The first kappa shape index (κ1) is 12.8. The Morgan fingerprint density at radius 2 is 2.10 bits per heavy atom. The minimum atomic E-state index is 0.579. The summed E-state index contributed by atoms with van der Waals surface area (Å²) < 4.78 is 0. The van der Waals surface area contributed by atoms with Crippen LogP contribution in [0.1, 0.15) is 16.7 Å². The number of rotatable bonds is 1. The molecule has 1 aliphatic rings. The molecule has 0 bridgehead atoms. The quantitative estimate of drug-likeness (QED) is 0.817. The van der Waals surface area contributed by atoms with Gasteiger partial charge in [-0.1, -0.05) is 23.7 Å². The van der Waals surface area contributed by atoms with Gasteiger partial charge in [0.1, 0.15) is 0 Å². The van der Waals surface area contributed by atoms with Crippen LogP contribution in [0, 0.1) is 11.3 Å². The molecule has 1 aliphatic heterocycles. The lowest BCUT2D eigenvalue weighted by Gasteiger charge is -2.32. The molecule has 0 atom stereocenters. The van der Waals surface area contributed by atoms with E-state index in [1.165, 1.54) is 11.1 Å². The van der Waals surface area contributed by atoms with Gasteiger partial charge in [-0.25, -0.2) is 0 Å². The first-order valence-electron chi connectivity index (χ1n) is 6.50. The Hall–Kier alpha value is -2.18. The molecule has 3 rings (SSSR count). The minimum Gasteiger partial charge on any atom is -0.398 e. The van der Waals surface area contributed by atoms with Gasteiger partial charge in [0.2, 0.25) is 0 Å². The molecule has 0 fully saturated rings. The van der Waals surface area contributed by atoms with Crippen LogP contribution in [0.15, 0.2) is 36.4 Å². The predicted molar refractivity (Wildman–Crippen MR) is 81.8 cm³/mol. The van der Waals surface area contributed by atoms with Gasteiger partial charge in [0, 0.05) is 18.8 Å². The van der Waals surface area contributed by atoms with Crippen molar-refractivity contribution in [2.24, 2.45) is 0 Å². The second-order valence-electron chi connectivity index (χ2n) is 4.93. The summed E-state index contributed by atoms with van der Waals surface area (Å²) in [6.45, 7) is 1.66. The lowest BCUT2D eigenvalue weighted by atomic mass is 9.97. The molecule has 0 spiro atoms. The van der Waals surface area contributed by atoms with Crippen LogP contribution in [0.4, 0.5) is 11.4 Å². The molecule has 100 valence electrons. The second-order valence-corrected chi connectivity index (χ2v) is 5.34. The van der Waals surface area contributed by atoms with Gasteiger partial charge < -0.3 is 10.6 Å². The average Bonchev–Trinajstić information content (AvgIpc) is 2.47. The van der Waals surface area contributed by atoms with E-state index in [2.05, 4.69) is 17.0 Å². The molecule has 3 nitrogen and oxygen atoms in total. The SMILES string of the molecule is N#Cc1ccc(N2CCc3cccc(N)c3C2)c(Cl)c1. The van der Waals surface area contributed by atoms with Crippen molar-refractivity contribution in [1.82, 2.24) is 0 Å². The highest BCUT2D eigenvalue weighted by Crippen LogP contribution is 2.32. The smallest absolute Gasteiger partial charge is 0.0992 e. The summed E-state index contributed by atoms with van der Waals surface area (Å²) in [4.78, 5) is 2.21. The number of hydrogen-bond acceptors (Lipinski definition) is 3. The molecule has 0 unspecified atom stereocenters. The average molecular weight is 284 g/mol. The Labute approximate surface area is 123 Å². The highest BCUT2D eigenvalue weighted by atomic mass is 35.5. The summed E-state index contributed by atoms with van der Waals surface area (Å²) in [7, 11) is 0. The van der Waals surface area contributed by atoms with E-state index < -0.39 is 0 Å². The van der Waals surface area contributed by atoms with Crippen LogP contribution in [-0.2, 0) is 13.0 Å². The zero-order valence-corrected chi connectivity index (χ0v) is 11.7. The van der Waals surface area contributed by atoms with E-state index in [-0.39, 0.29) is 0 Å². The van der Waals surface area contributed by atoms with Crippen LogP contribution < -0.4 is 10.6 Å². The molecule has 2 N–H and O–H groups in total. The maximum Gasteiger partial charge on any atom is 0.0992 e. The van der Waals surface area contributed by atoms with Crippen LogP contribution in [0.5, 0.6) is 0 Å². The van der Waals surface area contributed by atoms with E-state index in [9.17, 15) is 0 Å². The normalized spacial score (nSPS) is 13.7. The van der Waals surface area contributed by atoms with E-state index >= 15 is 0 Å². The first-order valence-corrected chi connectivity index (χ1v) is 6.87. The Morgan fingerprint density at radius 1 is 1.25 bits per heavy atom. The topological polar surface area (TPSA) is 53.0 Å².